The summed E-state index contributed by atoms with van der Waals surface area (Å²) < 4.78 is 10.5. The van der Waals surface area contributed by atoms with Crippen molar-refractivity contribution in [1.29, 1.82) is 0 Å². The van der Waals surface area contributed by atoms with Crippen LogP contribution in [-0.4, -0.2) is 35.5 Å². The Labute approximate surface area is 114 Å². The second kappa shape index (κ2) is 6.53. The molecule has 0 radical (unpaired) electrons. The lowest BCUT2D eigenvalue weighted by molar-refractivity contribution is -0.147. The third-order valence-electron chi connectivity index (χ3n) is 3.73. The van der Waals surface area contributed by atoms with Crippen LogP contribution >= 0.6 is 0 Å². The third kappa shape index (κ3) is 4.32. The number of hydrogen-bond donors (Lipinski definition) is 1. The molecule has 0 spiro atoms. The minimum Gasteiger partial charge on any atom is -0.463 e. The quantitative estimate of drug-likeness (QED) is 0.437. The number of carbonyl (C=O) groups excluding carboxylic acids is 1. The second-order valence-electron chi connectivity index (χ2n) is 5.73. The SMILES string of the molecule is CC(C)OC(=O)CCC=CCCC1C(O)C[C@@H]2O[C@H]12. The molecule has 2 rings (SSSR count). The van der Waals surface area contributed by atoms with Gasteiger partial charge >= 0.3 is 5.97 Å². The van der Waals surface area contributed by atoms with E-state index in [1.807, 2.05) is 19.9 Å². The summed E-state index contributed by atoms with van der Waals surface area (Å²) >= 11 is 0. The zero-order valence-corrected chi connectivity index (χ0v) is 11.7. The number of hydrogen-bond acceptors (Lipinski definition) is 4. The van der Waals surface area contributed by atoms with Crippen LogP contribution in [0.2, 0.25) is 0 Å². The summed E-state index contributed by atoms with van der Waals surface area (Å²) in [6.07, 6.45) is 8.40. The van der Waals surface area contributed by atoms with Gasteiger partial charge in [0.25, 0.3) is 0 Å². The van der Waals surface area contributed by atoms with Gasteiger partial charge in [0, 0.05) is 18.8 Å². The van der Waals surface area contributed by atoms with Gasteiger partial charge in [-0.2, -0.15) is 0 Å². The van der Waals surface area contributed by atoms with Gasteiger partial charge in [-0.05, 0) is 33.1 Å². The van der Waals surface area contributed by atoms with Crippen LogP contribution < -0.4 is 0 Å². The Morgan fingerprint density at radius 3 is 2.79 bits per heavy atom. The fraction of sp³-hybridized carbons (Fsp3) is 0.800. The van der Waals surface area contributed by atoms with E-state index in [1.165, 1.54) is 0 Å². The van der Waals surface area contributed by atoms with Crippen LogP contribution in [0.3, 0.4) is 0 Å². The summed E-state index contributed by atoms with van der Waals surface area (Å²) in [7, 11) is 0. The van der Waals surface area contributed by atoms with Crippen LogP contribution in [0.15, 0.2) is 12.2 Å². The van der Waals surface area contributed by atoms with Crippen molar-refractivity contribution in [2.24, 2.45) is 5.92 Å². The van der Waals surface area contributed by atoms with Crippen molar-refractivity contribution in [2.45, 2.75) is 70.4 Å². The molecular formula is C15H24O4. The highest BCUT2D eigenvalue weighted by atomic mass is 16.6. The molecule has 2 fully saturated rings. The molecule has 1 saturated heterocycles. The van der Waals surface area contributed by atoms with Crippen LogP contribution in [0, 0.1) is 5.92 Å². The van der Waals surface area contributed by atoms with E-state index in [9.17, 15) is 9.90 Å². The number of allylic oxidation sites excluding steroid dienone is 2. The number of carbonyl (C=O) groups is 1. The van der Waals surface area contributed by atoms with Gasteiger partial charge in [0.05, 0.1) is 24.4 Å². The molecule has 0 aromatic carbocycles. The topological polar surface area (TPSA) is 59.1 Å². The number of epoxide rings is 1. The molecule has 1 N–H and O–H groups in total. The molecule has 2 unspecified atom stereocenters. The fourth-order valence-electron chi connectivity index (χ4n) is 2.76. The normalized spacial score (nSPS) is 32.8. The first-order valence-electron chi connectivity index (χ1n) is 7.26. The third-order valence-corrected chi connectivity index (χ3v) is 3.73. The maximum absolute atomic E-state index is 11.3. The molecule has 0 aromatic rings. The van der Waals surface area contributed by atoms with E-state index in [0.717, 1.165) is 25.7 Å². The van der Waals surface area contributed by atoms with E-state index >= 15 is 0 Å². The maximum Gasteiger partial charge on any atom is 0.306 e. The number of aliphatic hydroxyl groups excluding tert-OH is 1. The monoisotopic (exact) mass is 268 g/mol. The van der Waals surface area contributed by atoms with Crippen molar-refractivity contribution in [3.05, 3.63) is 12.2 Å². The Hall–Kier alpha value is -0.870. The summed E-state index contributed by atoms with van der Waals surface area (Å²) in [6.45, 7) is 3.71. The zero-order valence-electron chi connectivity index (χ0n) is 11.7. The highest BCUT2D eigenvalue weighted by Gasteiger charge is 2.54. The molecule has 19 heavy (non-hydrogen) atoms. The van der Waals surface area contributed by atoms with Crippen LogP contribution in [0.5, 0.6) is 0 Å². The van der Waals surface area contributed by atoms with Gasteiger partial charge in [0.15, 0.2) is 0 Å². The van der Waals surface area contributed by atoms with Gasteiger partial charge in [-0.15, -0.1) is 0 Å². The summed E-state index contributed by atoms with van der Waals surface area (Å²) in [4.78, 5) is 11.3. The Kier molecular flexibility index (Phi) is 4.99. The molecule has 108 valence electrons. The summed E-state index contributed by atoms with van der Waals surface area (Å²) in [5.74, 6) is 0.167. The van der Waals surface area contributed by atoms with Crippen LogP contribution in [0.4, 0.5) is 0 Å². The molecule has 4 heteroatoms. The fourth-order valence-corrected chi connectivity index (χ4v) is 2.76. The molecule has 2 aliphatic rings. The van der Waals surface area contributed by atoms with Crippen LogP contribution in [0.25, 0.3) is 0 Å². The zero-order chi connectivity index (χ0) is 13.8. The first kappa shape index (κ1) is 14.5. The van der Waals surface area contributed by atoms with Crippen molar-refractivity contribution in [3.63, 3.8) is 0 Å². The number of aliphatic hydroxyl groups is 1. The average Bonchev–Trinajstić information content (AvgIpc) is 2.99. The molecule has 0 amide bonds. The molecule has 0 aromatic heterocycles. The van der Waals surface area contributed by atoms with E-state index < -0.39 is 0 Å². The van der Waals surface area contributed by atoms with Crippen LogP contribution in [0.1, 0.15) is 46.0 Å². The number of rotatable bonds is 7. The molecule has 4 nitrogen and oxygen atoms in total. The summed E-state index contributed by atoms with van der Waals surface area (Å²) in [5.41, 5.74) is 0. The van der Waals surface area contributed by atoms with Crippen molar-refractivity contribution < 1.29 is 19.4 Å². The lowest BCUT2D eigenvalue weighted by Crippen LogP contribution is -2.19. The van der Waals surface area contributed by atoms with Gasteiger partial charge in [-0.25, -0.2) is 0 Å². The Morgan fingerprint density at radius 2 is 2.16 bits per heavy atom. The van der Waals surface area contributed by atoms with Gasteiger partial charge in [-0.3, -0.25) is 4.79 Å². The lowest BCUT2D eigenvalue weighted by Gasteiger charge is -2.15. The Morgan fingerprint density at radius 1 is 1.42 bits per heavy atom. The van der Waals surface area contributed by atoms with Gasteiger partial charge in [0.1, 0.15) is 0 Å². The van der Waals surface area contributed by atoms with Crippen LogP contribution in [-0.2, 0) is 14.3 Å². The van der Waals surface area contributed by atoms with E-state index in [0.29, 0.717) is 24.5 Å². The van der Waals surface area contributed by atoms with E-state index in [-0.39, 0.29) is 18.2 Å². The molecular weight excluding hydrogens is 244 g/mol. The van der Waals surface area contributed by atoms with E-state index in [2.05, 4.69) is 6.08 Å². The van der Waals surface area contributed by atoms with Crippen molar-refractivity contribution in [3.8, 4) is 0 Å². The smallest absolute Gasteiger partial charge is 0.306 e. The number of ether oxygens (including phenoxy) is 2. The molecule has 1 aliphatic heterocycles. The Balaban J connectivity index is 1.53. The first-order chi connectivity index (χ1) is 9.08. The van der Waals surface area contributed by atoms with Crippen molar-refractivity contribution in [1.82, 2.24) is 0 Å². The average molecular weight is 268 g/mol. The largest absolute Gasteiger partial charge is 0.463 e. The number of esters is 1. The molecule has 1 saturated carbocycles. The second-order valence-corrected chi connectivity index (χ2v) is 5.73. The summed E-state index contributed by atoms with van der Waals surface area (Å²) in [6, 6.07) is 0. The van der Waals surface area contributed by atoms with Gasteiger partial charge < -0.3 is 14.6 Å². The maximum atomic E-state index is 11.3. The standard InChI is InChI=1S/C15H24O4/c1-10(2)18-14(17)8-6-4-3-5-7-11-12(16)9-13-15(11)19-13/h3-4,10-13,15-16H,5-9H2,1-2H3/t11?,12?,13-,15+/m0/s1. The predicted molar refractivity (Wildman–Crippen MR) is 71.6 cm³/mol. The van der Waals surface area contributed by atoms with Gasteiger partial charge in [-0.1, -0.05) is 12.2 Å². The predicted octanol–water partition coefficient (Wildman–Crippen LogP) is 2.20. The lowest BCUT2D eigenvalue weighted by atomic mass is 9.98. The van der Waals surface area contributed by atoms with E-state index in [1.54, 1.807) is 0 Å². The van der Waals surface area contributed by atoms with Gasteiger partial charge in [0.2, 0.25) is 0 Å². The summed E-state index contributed by atoms with van der Waals surface area (Å²) in [5, 5.41) is 9.78. The highest BCUT2D eigenvalue weighted by molar-refractivity contribution is 5.69. The minimum atomic E-state index is -0.182. The molecule has 1 heterocycles. The number of fused-ring (bicyclic) bond motifs is 1. The van der Waals surface area contributed by atoms with E-state index in [4.69, 9.17) is 9.47 Å². The molecule has 1 aliphatic carbocycles. The highest BCUT2D eigenvalue weighted by Crippen LogP contribution is 2.45. The molecule has 4 atom stereocenters. The molecule has 0 bridgehead atoms. The van der Waals surface area contributed by atoms with Crippen molar-refractivity contribution >= 4 is 5.97 Å². The Bertz CT molecular complexity index is 335. The minimum absolute atomic E-state index is 0.0354. The van der Waals surface area contributed by atoms with Crippen molar-refractivity contribution in [2.75, 3.05) is 0 Å². The first-order valence-corrected chi connectivity index (χ1v) is 7.26.